The molecule has 1 amide bonds. The third-order valence-electron chi connectivity index (χ3n) is 4.88. The maximum absolute atomic E-state index is 13.8. The highest BCUT2D eigenvalue weighted by Crippen LogP contribution is 2.31. The molecule has 32 heavy (non-hydrogen) atoms. The molecular formula is C21H15Cl2FN6OS. The van der Waals surface area contributed by atoms with Gasteiger partial charge < -0.3 is 5.32 Å². The number of rotatable bonds is 5. The fourth-order valence-electron chi connectivity index (χ4n) is 3.30. The first-order valence-corrected chi connectivity index (χ1v) is 11.0. The minimum atomic E-state index is -0.421. The van der Waals surface area contributed by atoms with Crippen molar-refractivity contribution in [1.82, 2.24) is 19.2 Å². The third kappa shape index (κ3) is 4.05. The van der Waals surface area contributed by atoms with Crippen LogP contribution in [0.15, 0.2) is 41.7 Å². The van der Waals surface area contributed by atoms with Gasteiger partial charge in [-0.15, -0.1) is 10.2 Å². The van der Waals surface area contributed by atoms with Crippen molar-refractivity contribution in [3.8, 4) is 11.8 Å². The molecule has 3 heterocycles. The zero-order valence-corrected chi connectivity index (χ0v) is 19.2. The van der Waals surface area contributed by atoms with Gasteiger partial charge in [0.1, 0.15) is 17.7 Å². The van der Waals surface area contributed by atoms with Crippen LogP contribution in [0.4, 0.5) is 10.2 Å². The largest absolute Gasteiger partial charge is 0.310 e. The number of pyridine rings is 1. The fourth-order valence-corrected chi connectivity index (χ4v) is 4.52. The van der Waals surface area contributed by atoms with Crippen molar-refractivity contribution in [1.29, 1.82) is 5.26 Å². The Bertz CT molecular complexity index is 1410. The predicted molar refractivity (Wildman–Crippen MR) is 122 cm³/mol. The van der Waals surface area contributed by atoms with Crippen LogP contribution < -0.4 is 5.32 Å². The average molecular weight is 489 g/mol. The Kier molecular flexibility index (Phi) is 6.11. The van der Waals surface area contributed by atoms with Gasteiger partial charge in [-0.3, -0.25) is 13.8 Å². The van der Waals surface area contributed by atoms with Gasteiger partial charge >= 0.3 is 0 Å². The lowest BCUT2D eigenvalue weighted by Gasteiger charge is -2.13. The predicted octanol–water partition coefficient (Wildman–Crippen LogP) is 5.19. The standard InChI is InChI=1S/C21H15Cl2FN6OS/c1-11-12(2)30(15-5-3-4-14(24)7-15)19(16(11)8-25)26-18(31)10-32-21-28-27-20-17(23)6-13(22)9-29(20)21/h3-7,9H,10H2,1-2H3,(H,26,31). The number of nitrogens with zero attached hydrogens (tertiary/aromatic N) is 5. The number of carbonyl (C=O) groups excluding carboxylic acids is 1. The van der Waals surface area contributed by atoms with Gasteiger partial charge in [-0.25, -0.2) is 4.39 Å². The number of nitriles is 1. The van der Waals surface area contributed by atoms with E-state index in [1.165, 1.54) is 12.1 Å². The molecule has 0 fully saturated rings. The van der Waals surface area contributed by atoms with Gasteiger partial charge in [-0.2, -0.15) is 5.26 Å². The maximum Gasteiger partial charge on any atom is 0.236 e. The molecule has 3 aromatic heterocycles. The number of carbonyl (C=O) groups is 1. The number of thioether (sulfide) groups is 1. The Hall–Kier alpha value is -3.06. The van der Waals surface area contributed by atoms with Crippen molar-refractivity contribution in [2.45, 2.75) is 19.0 Å². The molecule has 0 aliphatic heterocycles. The van der Waals surface area contributed by atoms with Crippen LogP contribution in [-0.2, 0) is 4.79 Å². The monoisotopic (exact) mass is 488 g/mol. The lowest BCUT2D eigenvalue weighted by atomic mass is 10.2. The number of hydrogen-bond donors (Lipinski definition) is 1. The molecule has 7 nitrogen and oxygen atoms in total. The van der Waals surface area contributed by atoms with Crippen LogP contribution in [0.2, 0.25) is 10.0 Å². The van der Waals surface area contributed by atoms with Gasteiger partial charge in [0.2, 0.25) is 5.91 Å². The topological polar surface area (TPSA) is 88.0 Å². The molecule has 1 aromatic carbocycles. The minimum absolute atomic E-state index is 0.0117. The molecule has 0 radical (unpaired) electrons. The van der Waals surface area contributed by atoms with Crippen LogP contribution in [0.1, 0.15) is 16.8 Å². The summed E-state index contributed by atoms with van der Waals surface area (Å²) in [4.78, 5) is 12.8. The lowest BCUT2D eigenvalue weighted by Crippen LogP contribution is -2.18. The summed E-state index contributed by atoms with van der Waals surface area (Å²) in [7, 11) is 0. The summed E-state index contributed by atoms with van der Waals surface area (Å²) >= 11 is 13.3. The van der Waals surface area contributed by atoms with Gasteiger partial charge in [0.05, 0.1) is 27.0 Å². The second kappa shape index (κ2) is 8.82. The van der Waals surface area contributed by atoms with Crippen LogP contribution in [0.25, 0.3) is 11.3 Å². The molecule has 0 aliphatic carbocycles. The van der Waals surface area contributed by atoms with Gasteiger partial charge in [0, 0.05) is 11.9 Å². The Labute approximate surface area is 196 Å². The molecule has 0 saturated heterocycles. The molecule has 4 rings (SSSR count). The lowest BCUT2D eigenvalue weighted by molar-refractivity contribution is -0.113. The minimum Gasteiger partial charge on any atom is -0.310 e. The van der Waals surface area contributed by atoms with Crippen molar-refractivity contribution in [3.05, 3.63) is 69.2 Å². The van der Waals surface area contributed by atoms with Gasteiger partial charge in [0.15, 0.2) is 10.8 Å². The average Bonchev–Trinajstić information content (AvgIpc) is 3.25. The fraction of sp³-hybridized carbons (Fsp3) is 0.143. The summed E-state index contributed by atoms with van der Waals surface area (Å²) in [6.45, 7) is 3.59. The van der Waals surface area contributed by atoms with Crippen LogP contribution >= 0.6 is 35.0 Å². The number of halogens is 3. The van der Waals surface area contributed by atoms with E-state index in [9.17, 15) is 14.4 Å². The molecule has 11 heteroatoms. The first kappa shape index (κ1) is 22.1. The number of amides is 1. The smallest absolute Gasteiger partial charge is 0.236 e. The van der Waals surface area contributed by atoms with Crippen LogP contribution in [0.5, 0.6) is 0 Å². The summed E-state index contributed by atoms with van der Waals surface area (Å²) in [5, 5.41) is 21.7. The Morgan fingerprint density at radius 2 is 2.06 bits per heavy atom. The zero-order valence-electron chi connectivity index (χ0n) is 16.9. The third-order valence-corrected chi connectivity index (χ3v) is 6.31. The van der Waals surface area contributed by atoms with Crippen LogP contribution in [-0.4, -0.2) is 30.8 Å². The SMILES string of the molecule is Cc1c(C#N)c(NC(=O)CSc2nnc3c(Cl)cc(Cl)cn23)n(-c2cccc(F)c2)c1C. The van der Waals surface area contributed by atoms with E-state index < -0.39 is 5.82 Å². The number of hydrogen-bond acceptors (Lipinski definition) is 5. The van der Waals surface area contributed by atoms with E-state index in [0.29, 0.717) is 37.7 Å². The molecule has 0 saturated carbocycles. The Balaban J connectivity index is 1.62. The van der Waals surface area contributed by atoms with Crippen molar-refractivity contribution in [2.75, 3.05) is 11.1 Å². The number of fused-ring (bicyclic) bond motifs is 1. The molecule has 0 atom stereocenters. The van der Waals surface area contributed by atoms with Crippen molar-refractivity contribution >= 4 is 52.3 Å². The molecule has 0 bridgehead atoms. The first-order valence-electron chi connectivity index (χ1n) is 9.30. The zero-order chi connectivity index (χ0) is 23.0. The molecule has 1 N–H and O–H groups in total. The van der Waals surface area contributed by atoms with E-state index in [1.807, 2.05) is 0 Å². The summed E-state index contributed by atoms with van der Waals surface area (Å²) in [6.07, 6.45) is 1.61. The number of aromatic nitrogens is 4. The first-order chi connectivity index (χ1) is 15.3. The van der Waals surface area contributed by atoms with E-state index in [-0.39, 0.29) is 17.5 Å². The van der Waals surface area contributed by atoms with Gasteiger partial charge in [-0.05, 0) is 43.7 Å². The molecule has 0 unspecified atom stereocenters. The van der Waals surface area contributed by atoms with Crippen molar-refractivity contribution in [3.63, 3.8) is 0 Å². The quantitative estimate of drug-likeness (QED) is 0.390. The summed E-state index contributed by atoms with van der Waals surface area (Å²) in [5.74, 6) is -0.514. The number of benzene rings is 1. The van der Waals surface area contributed by atoms with Gasteiger partial charge in [0.25, 0.3) is 0 Å². The molecule has 0 aliphatic rings. The number of nitrogens with one attached hydrogen (secondary N) is 1. The van der Waals surface area contributed by atoms with E-state index >= 15 is 0 Å². The summed E-state index contributed by atoms with van der Waals surface area (Å²) < 4.78 is 17.1. The van der Waals surface area contributed by atoms with Crippen molar-refractivity contribution in [2.24, 2.45) is 0 Å². The molecule has 0 spiro atoms. The van der Waals surface area contributed by atoms with Gasteiger partial charge in [-0.1, -0.05) is 41.0 Å². The van der Waals surface area contributed by atoms with Crippen LogP contribution in [0.3, 0.4) is 0 Å². The van der Waals surface area contributed by atoms with E-state index in [2.05, 4.69) is 21.6 Å². The van der Waals surface area contributed by atoms with E-state index in [0.717, 1.165) is 17.5 Å². The van der Waals surface area contributed by atoms with Crippen LogP contribution in [0, 0.1) is 31.0 Å². The molecule has 4 aromatic rings. The number of anilines is 1. The Morgan fingerprint density at radius 1 is 1.28 bits per heavy atom. The molecular weight excluding hydrogens is 474 g/mol. The maximum atomic E-state index is 13.8. The summed E-state index contributed by atoms with van der Waals surface area (Å²) in [6, 6.07) is 9.63. The second-order valence-corrected chi connectivity index (χ2v) is 8.67. The normalized spacial score (nSPS) is 11.0. The van der Waals surface area contributed by atoms with E-state index in [4.69, 9.17) is 23.2 Å². The highest BCUT2D eigenvalue weighted by molar-refractivity contribution is 7.99. The second-order valence-electron chi connectivity index (χ2n) is 6.88. The van der Waals surface area contributed by atoms with Crippen molar-refractivity contribution < 1.29 is 9.18 Å². The highest BCUT2D eigenvalue weighted by atomic mass is 35.5. The van der Waals surface area contributed by atoms with E-state index in [1.54, 1.807) is 47.2 Å². The Morgan fingerprint density at radius 3 is 2.78 bits per heavy atom. The highest BCUT2D eigenvalue weighted by Gasteiger charge is 2.21. The summed E-state index contributed by atoms with van der Waals surface area (Å²) in [5.41, 5.74) is 2.67. The molecule has 162 valence electrons.